The molecular formula is C15H30N2O. The quantitative estimate of drug-likeness (QED) is 0.805. The van der Waals surface area contributed by atoms with Crippen LogP contribution in [0.25, 0.3) is 0 Å². The molecule has 1 aliphatic carbocycles. The molecule has 3 heteroatoms. The number of aliphatic hydroxyl groups excluding tert-OH is 1. The summed E-state index contributed by atoms with van der Waals surface area (Å²) in [6.45, 7) is 8.08. The Labute approximate surface area is 112 Å². The average molecular weight is 254 g/mol. The third-order valence-corrected chi connectivity index (χ3v) is 4.71. The van der Waals surface area contributed by atoms with Crippen molar-refractivity contribution < 1.29 is 5.11 Å². The van der Waals surface area contributed by atoms with Crippen molar-refractivity contribution in [2.75, 3.05) is 19.6 Å². The Morgan fingerprint density at radius 1 is 1.11 bits per heavy atom. The fourth-order valence-electron chi connectivity index (χ4n) is 3.57. The summed E-state index contributed by atoms with van der Waals surface area (Å²) < 4.78 is 0. The van der Waals surface area contributed by atoms with Crippen molar-refractivity contribution in [3.63, 3.8) is 0 Å². The van der Waals surface area contributed by atoms with E-state index in [1.165, 1.54) is 51.7 Å². The van der Waals surface area contributed by atoms with Gasteiger partial charge in [0.05, 0.1) is 6.10 Å². The number of hydrogen-bond acceptors (Lipinski definition) is 3. The van der Waals surface area contributed by atoms with Gasteiger partial charge in [0.2, 0.25) is 0 Å². The molecule has 1 aliphatic heterocycles. The van der Waals surface area contributed by atoms with Gasteiger partial charge in [-0.05, 0) is 58.5 Å². The molecule has 2 rings (SSSR count). The van der Waals surface area contributed by atoms with E-state index in [-0.39, 0.29) is 6.10 Å². The molecule has 0 bridgehead atoms. The Morgan fingerprint density at radius 2 is 1.78 bits per heavy atom. The van der Waals surface area contributed by atoms with Crippen molar-refractivity contribution in [3.8, 4) is 0 Å². The molecule has 1 saturated heterocycles. The normalized spacial score (nSPS) is 31.2. The second-order valence-corrected chi connectivity index (χ2v) is 6.40. The van der Waals surface area contributed by atoms with Gasteiger partial charge in [-0.25, -0.2) is 0 Å². The number of piperidine rings is 1. The topological polar surface area (TPSA) is 35.5 Å². The monoisotopic (exact) mass is 254 g/mol. The second-order valence-electron chi connectivity index (χ2n) is 6.40. The molecule has 2 fully saturated rings. The predicted molar refractivity (Wildman–Crippen MR) is 75.7 cm³/mol. The van der Waals surface area contributed by atoms with Crippen molar-refractivity contribution in [1.29, 1.82) is 0 Å². The van der Waals surface area contributed by atoms with Crippen molar-refractivity contribution >= 4 is 0 Å². The smallest absolute Gasteiger partial charge is 0.0695 e. The molecule has 0 aromatic rings. The highest BCUT2D eigenvalue weighted by Crippen LogP contribution is 2.27. The maximum atomic E-state index is 10.3. The minimum Gasteiger partial charge on any atom is -0.391 e. The van der Waals surface area contributed by atoms with Crippen LogP contribution in [-0.2, 0) is 0 Å². The fraction of sp³-hybridized carbons (Fsp3) is 1.00. The zero-order valence-corrected chi connectivity index (χ0v) is 12.1. The predicted octanol–water partition coefficient (Wildman–Crippen LogP) is 2.00. The Bertz CT molecular complexity index is 239. The number of aliphatic hydroxyl groups is 1. The largest absolute Gasteiger partial charge is 0.391 e. The number of nitrogens with zero attached hydrogens (tertiary/aromatic N) is 1. The van der Waals surface area contributed by atoms with Gasteiger partial charge in [-0.1, -0.05) is 12.8 Å². The zero-order chi connectivity index (χ0) is 13.0. The van der Waals surface area contributed by atoms with Gasteiger partial charge in [-0.3, -0.25) is 4.90 Å². The summed E-state index contributed by atoms with van der Waals surface area (Å²) in [5, 5.41) is 13.7. The highest BCUT2D eigenvalue weighted by atomic mass is 16.3. The molecule has 2 aliphatic rings. The zero-order valence-electron chi connectivity index (χ0n) is 12.1. The molecule has 0 radical (unpaired) electrons. The van der Waals surface area contributed by atoms with Crippen LogP contribution >= 0.6 is 0 Å². The summed E-state index contributed by atoms with van der Waals surface area (Å²) in [5.41, 5.74) is 0. The standard InChI is InChI=1S/C15H30N2O/c1-12(2)17(11-13-7-9-16-10-8-13)14-5-3-4-6-15(14)18/h12-16,18H,3-11H2,1-2H3. The maximum absolute atomic E-state index is 10.3. The van der Waals surface area contributed by atoms with Gasteiger partial charge < -0.3 is 10.4 Å². The van der Waals surface area contributed by atoms with Gasteiger partial charge in [-0.2, -0.15) is 0 Å². The lowest BCUT2D eigenvalue weighted by Crippen LogP contribution is -2.51. The molecular weight excluding hydrogens is 224 g/mol. The molecule has 2 atom stereocenters. The van der Waals surface area contributed by atoms with E-state index in [2.05, 4.69) is 24.1 Å². The third kappa shape index (κ3) is 3.69. The fourth-order valence-corrected chi connectivity index (χ4v) is 3.57. The van der Waals surface area contributed by atoms with Crippen LogP contribution in [0.1, 0.15) is 52.4 Å². The lowest BCUT2D eigenvalue weighted by Gasteiger charge is -2.42. The van der Waals surface area contributed by atoms with Crippen LogP contribution in [0.5, 0.6) is 0 Å². The third-order valence-electron chi connectivity index (χ3n) is 4.71. The van der Waals surface area contributed by atoms with Crippen LogP contribution in [0.4, 0.5) is 0 Å². The van der Waals surface area contributed by atoms with Gasteiger partial charge in [0, 0.05) is 18.6 Å². The van der Waals surface area contributed by atoms with E-state index in [0.717, 1.165) is 12.3 Å². The Balaban J connectivity index is 1.93. The Morgan fingerprint density at radius 3 is 2.39 bits per heavy atom. The maximum Gasteiger partial charge on any atom is 0.0695 e. The molecule has 2 N–H and O–H groups in total. The van der Waals surface area contributed by atoms with Gasteiger partial charge in [0.25, 0.3) is 0 Å². The van der Waals surface area contributed by atoms with E-state index in [1.54, 1.807) is 0 Å². The molecule has 0 spiro atoms. The van der Waals surface area contributed by atoms with Gasteiger partial charge >= 0.3 is 0 Å². The molecule has 1 saturated carbocycles. The lowest BCUT2D eigenvalue weighted by atomic mass is 9.88. The molecule has 0 aromatic heterocycles. The van der Waals surface area contributed by atoms with E-state index in [0.29, 0.717) is 12.1 Å². The summed E-state index contributed by atoms with van der Waals surface area (Å²) in [4.78, 5) is 2.58. The van der Waals surface area contributed by atoms with Crippen molar-refractivity contribution in [2.24, 2.45) is 5.92 Å². The van der Waals surface area contributed by atoms with E-state index >= 15 is 0 Å². The summed E-state index contributed by atoms with van der Waals surface area (Å²) in [5.74, 6) is 0.822. The first-order chi connectivity index (χ1) is 8.68. The van der Waals surface area contributed by atoms with Gasteiger partial charge in [0.15, 0.2) is 0 Å². The first-order valence-corrected chi connectivity index (χ1v) is 7.83. The van der Waals surface area contributed by atoms with Gasteiger partial charge in [0.1, 0.15) is 0 Å². The van der Waals surface area contributed by atoms with E-state index < -0.39 is 0 Å². The molecule has 18 heavy (non-hydrogen) atoms. The summed E-state index contributed by atoms with van der Waals surface area (Å²) >= 11 is 0. The Kier molecular flexibility index (Phi) is 5.46. The summed E-state index contributed by atoms with van der Waals surface area (Å²) in [6.07, 6.45) is 7.18. The second kappa shape index (κ2) is 6.88. The molecule has 0 aromatic carbocycles. The van der Waals surface area contributed by atoms with Gasteiger partial charge in [-0.15, -0.1) is 0 Å². The highest BCUT2D eigenvalue weighted by molar-refractivity contribution is 4.86. The van der Waals surface area contributed by atoms with Crippen molar-refractivity contribution in [2.45, 2.75) is 70.6 Å². The van der Waals surface area contributed by atoms with Crippen molar-refractivity contribution in [1.82, 2.24) is 10.2 Å². The lowest BCUT2D eigenvalue weighted by molar-refractivity contribution is -0.00494. The SMILES string of the molecule is CC(C)N(CC1CCNCC1)C1CCCCC1O. The summed E-state index contributed by atoms with van der Waals surface area (Å²) in [6, 6.07) is 0.964. The van der Waals surface area contributed by atoms with Crippen LogP contribution in [0.2, 0.25) is 0 Å². The Hall–Kier alpha value is -0.120. The molecule has 3 nitrogen and oxygen atoms in total. The first-order valence-electron chi connectivity index (χ1n) is 7.83. The van der Waals surface area contributed by atoms with Crippen LogP contribution in [0.15, 0.2) is 0 Å². The average Bonchev–Trinajstić information content (AvgIpc) is 2.38. The molecule has 1 heterocycles. The minimum atomic E-state index is -0.0946. The molecule has 106 valence electrons. The number of nitrogens with one attached hydrogen (secondary N) is 1. The summed E-state index contributed by atoms with van der Waals surface area (Å²) in [7, 11) is 0. The minimum absolute atomic E-state index is 0.0946. The van der Waals surface area contributed by atoms with Crippen LogP contribution in [0, 0.1) is 5.92 Å². The molecule has 0 amide bonds. The first kappa shape index (κ1) is 14.3. The van der Waals surface area contributed by atoms with Crippen LogP contribution in [0.3, 0.4) is 0 Å². The van der Waals surface area contributed by atoms with Crippen LogP contribution < -0.4 is 5.32 Å². The van der Waals surface area contributed by atoms with E-state index in [1.807, 2.05) is 0 Å². The highest BCUT2D eigenvalue weighted by Gasteiger charge is 2.31. The van der Waals surface area contributed by atoms with Crippen molar-refractivity contribution in [3.05, 3.63) is 0 Å². The van der Waals surface area contributed by atoms with E-state index in [4.69, 9.17) is 0 Å². The number of rotatable bonds is 4. The molecule has 2 unspecified atom stereocenters. The van der Waals surface area contributed by atoms with Crippen LogP contribution in [-0.4, -0.2) is 47.8 Å². The van der Waals surface area contributed by atoms with E-state index in [9.17, 15) is 5.11 Å². The number of hydrogen-bond donors (Lipinski definition) is 2.